The fourth-order valence-corrected chi connectivity index (χ4v) is 2.75. The number of aliphatic hydroxyl groups is 1. The fraction of sp³-hybridized carbons (Fsp3) is 0.333. The molecule has 1 aliphatic rings. The van der Waals surface area contributed by atoms with Crippen LogP contribution in [-0.4, -0.2) is 11.2 Å². The van der Waals surface area contributed by atoms with Crippen LogP contribution >= 0.6 is 0 Å². The summed E-state index contributed by atoms with van der Waals surface area (Å²) in [5.41, 5.74) is 3.48. The Bertz CT molecular complexity index is 587. The molecule has 0 heterocycles. The van der Waals surface area contributed by atoms with E-state index in [0.717, 1.165) is 17.7 Å². The molecule has 2 aromatic carbocycles. The minimum Gasteiger partial charge on any atom is -0.487 e. The van der Waals surface area contributed by atoms with Crippen molar-refractivity contribution in [2.45, 2.75) is 38.4 Å². The number of benzene rings is 2. The van der Waals surface area contributed by atoms with Gasteiger partial charge in [-0.15, -0.1) is 0 Å². The first-order valence-electron chi connectivity index (χ1n) is 7.17. The molecule has 0 saturated carbocycles. The second kappa shape index (κ2) is 5.29. The van der Waals surface area contributed by atoms with Crippen LogP contribution in [0.2, 0.25) is 0 Å². The Kier molecular flexibility index (Phi) is 3.49. The third-order valence-corrected chi connectivity index (χ3v) is 3.98. The molecule has 1 aliphatic carbocycles. The van der Waals surface area contributed by atoms with Crippen LogP contribution in [0.4, 0.5) is 0 Å². The first-order valence-corrected chi connectivity index (χ1v) is 7.17. The van der Waals surface area contributed by atoms with E-state index in [-0.39, 0.29) is 6.10 Å². The van der Waals surface area contributed by atoms with E-state index in [4.69, 9.17) is 4.74 Å². The van der Waals surface area contributed by atoms with Gasteiger partial charge in [-0.25, -0.2) is 0 Å². The monoisotopic (exact) mass is 268 g/mol. The van der Waals surface area contributed by atoms with Gasteiger partial charge in [-0.2, -0.15) is 0 Å². The average molecular weight is 268 g/mol. The summed E-state index contributed by atoms with van der Waals surface area (Å²) in [6.07, 6.45) is 0.0526. The van der Waals surface area contributed by atoms with Gasteiger partial charge in [-0.3, -0.25) is 0 Å². The molecule has 0 radical (unpaired) electrons. The molecular formula is C18H20O2. The molecule has 0 aromatic heterocycles. The Morgan fingerprint density at radius 3 is 2.40 bits per heavy atom. The van der Waals surface area contributed by atoms with E-state index in [9.17, 15) is 5.11 Å². The highest BCUT2D eigenvalue weighted by molar-refractivity contribution is 5.36. The Morgan fingerprint density at radius 1 is 1.05 bits per heavy atom. The molecule has 0 aliphatic heterocycles. The highest BCUT2D eigenvalue weighted by Crippen LogP contribution is 2.34. The van der Waals surface area contributed by atoms with Gasteiger partial charge in [0.05, 0.1) is 0 Å². The van der Waals surface area contributed by atoms with Gasteiger partial charge in [0, 0.05) is 6.42 Å². The highest BCUT2D eigenvalue weighted by Gasteiger charge is 2.32. The van der Waals surface area contributed by atoms with Crippen molar-refractivity contribution < 1.29 is 9.84 Å². The van der Waals surface area contributed by atoms with Gasteiger partial charge in [0.1, 0.15) is 18.0 Å². The van der Waals surface area contributed by atoms with Crippen LogP contribution in [0.25, 0.3) is 0 Å². The minimum atomic E-state index is -0.532. The van der Waals surface area contributed by atoms with E-state index in [1.807, 2.05) is 30.3 Å². The lowest BCUT2D eigenvalue weighted by Crippen LogP contribution is -2.21. The minimum absolute atomic E-state index is 0.183. The summed E-state index contributed by atoms with van der Waals surface area (Å²) in [6.45, 7) is 4.35. The Labute approximate surface area is 120 Å². The molecule has 0 bridgehead atoms. The lowest BCUT2D eigenvalue weighted by Gasteiger charge is -2.18. The van der Waals surface area contributed by atoms with Crippen molar-refractivity contribution in [3.63, 3.8) is 0 Å². The van der Waals surface area contributed by atoms with Crippen molar-refractivity contribution in [1.29, 1.82) is 0 Å². The normalized spacial score (nSPS) is 21.0. The van der Waals surface area contributed by atoms with Gasteiger partial charge in [0.25, 0.3) is 0 Å². The fourth-order valence-electron chi connectivity index (χ4n) is 2.75. The first-order chi connectivity index (χ1) is 9.65. The largest absolute Gasteiger partial charge is 0.487 e. The van der Waals surface area contributed by atoms with Crippen LogP contribution in [0.1, 0.15) is 42.6 Å². The van der Waals surface area contributed by atoms with E-state index in [2.05, 4.69) is 32.0 Å². The average Bonchev–Trinajstić information content (AvgIpc) is 2.77. The third-order valence-electron chi connectivity index (χ3n) is 3.98. The maximum Gasteiger partial charge on any atom is 0.133 e. The summed E-state index contributed by atoms with van der Waals surface area (Å²) >= 11 is 0. The van der Waals surface area contributed by atoms with Gasteiger partial charge >= 0.3 is 0 Å². The molecule has 2 atom stereocenters. The molecule has 0 fully saturated rings. The summed E-state index contributed by atoms with van der Waals surface area (Å²) < 4.78 is 5.95. The van der Waals surface area contributed by atoms with E-state index in [0.29, 0.717) is 5.92 Å². The van der Waals surface area contributed by atoms with Crippen molar-refractivity contribution in [1.82, 2.24) is 0 Å². The molecule has 104 valence electrons. The molecule has 2 aromatic rings. The quantitative estimate of drug-likeness (QED) is 0.916. The van der Waals surface area contributed by atoms with Gasteiger partial charge in [-0.05, 0) is 34.7 Å². The van der Waals surface area contributed by atoms with Crippen LogP contribution in [0, 0.1) is 0 Å². The zero-order valence-corrected chi connectivity index (χ0v) is 11.9. The van der Waals surface area contributed by atoms with Crippen molar-refractivity contribution in [2.75, 3.05) is 0 Å². The Hall–Kier alpha value is -1.80. The lowest BCUT2D eigenvalue weighted by atomic mass is 10.0. The summed E-state index contributed by atoms with van der Waals surface area (Å²) in [5.74, 6) is 1.34. The number of hydrogen-bond acceptors (Lipinski definition) is 2. The number of rotatable bonds is 3. The molecule has 2 nitrogen and oxygen atoms in total. The topological polar surface area (TPSA) is 29.5 Å². The first kappa shape index (κ1) is 13.2. The van der Waals surface area contributed by atoms with E-state index < -0.39 is 6.10 Å². The van der Waals surface area contributed by atoms with Crippen molar-refractivity contribution >= 4 is 0 Å². The zero-order valence-electron chi connectivity index (χ0n) is 11.9. The van der Waals surface area contributed by atoms with Crippen molar-refractivity contribution in [2.24, 2.45) is 0 Å². The predicted octanol–water partition coefficient (Wildman–Crippen LogP) is 3.85. The molecule has 0 amide bonds. The Balaban J connectivity index is 1.73. The van der Waals surface area contributed by atoms with Crippen molar-refractivity contribution in [3.8, 4) is 5.75 Å². The van der Waals surface area contributed by atoms with Crippen LogP contribution < -0.4 is 4.74 Å². The second-order valence-corrected chi connectivity index (χ2v) is 5.73. The number of fused-ring (bicyclic) bond motifs is 1. The predicted molar refractivity (Wildman–Crippen MR) is 80.1 cm³/mol. The van der Waals surface area contributed by atoms with Crippen molar-refractivity contribution in [3.05, 3.63) is 65.2 Å². The number of hydrogen-bond donors (Lipinski definition) is 1. The maximum absolute atomic E-state index is 10.3. The van der Waals surface area contributed by atoms with E-state index >= 15 is 0 Å². The van der Waals surface area contributed by atoms with Gasteiger partial charge in [0.2, 0.25) is 0 Å². The van der Waals surface area contributed by atoms with Crippen LogP contribution in [-0.2, 0) is 6.42 Å². The SMILES string of the molecule is CC(C)c1ccc(OC2Cc3ccccc3C2O)cc1. The molecular weight excluding hydrogens is 248 g/mol. The van der Waals surface area contributed by atoms with Gasteiger partial charge in [0.15, 0.2) is 0 Å². The summed E-state index contributed by atoms with van der Waals surface area (Å²) in [7, 11) is 0. The molecule has 20 heavy (non-hydrogen) atoms. The molecule has 2 heteroatoms. The molecule has 1 N–H and O–H groups in total. The lowest BCUT2D eigenvalue weighted by molar-refractivity contribution is 0.0494. The number of ether oxygens (including phenoxy) is 1. The molecule has 2 unspecified atom stereocenters. The summed E-state index contributed by atoms with van der Waals surface area (Å²) in [6, 6.07) is 16.2. The zero-order chi connectivity index (χ0) is 14.1. The van der Waals surface area contributed by atoms with E-state index in [1.54, 1.807) is 0 Å². The van der Waals surface area contributed by atoms with E-state index in [1.165, 1.54) is 11.1 Å². The van der Waals surface area contributed by atoms with Crippen LogP contribution in [0.15, 0.2) is 48.5 Å². The summed E-state index contributed by atoms with van der Waals surface area (Å²) in [4.78, 5) is 0. The summed E-state index contributed by atoms with van der Waals surface area (Å²) in [5, 5.41) is 10.3. The molecule has 0 saturated heterocycles. The van der Waals surface area contributed by atoms with Crippen LogP contribution in [0.3, 0.4) is 0 Å². The smallest absolute Gasteiger partial charge is 0.133 e. The highest BCUT2D eigenvalue weighted by atomic mass is 16.5. The maximum atomic E-state index is 10.3. The standard InChI is InChI=1S/C18H20O2/c1-12(2)13-7-9-15(10-8-13)20-17-11-14-5-3-4-6-16(14)18(17)19/h3-10,12,17-19H,11H2,1-2H3. The number of aliphatic hydroxyl groups excluding tert-OH is 1. The Morgan fingerprint density at radius 2 is 1.75 bits per heavy atom. The van der Waals surface area contributed by atoms with Crippen LogP contribution in [0.5, 0.6) is 5.75 Å². The third kappa shape index (κ3) is 2.44. The van der Waals surface area contributed by atoms with Gasteiger partial charge < -0.3 is 9.84 Å². The molecule has 0 spiro atoms. The van der Waals surface area contributed by atoms with Gasteiger partial charge in [-0.1, -0.05) is 50.2 Å². The second-order valence-electron chi connectivity index (χ2n) is 5.73. The molecule has 3 rings (SSSR count).